The molecule has 1 aromatic heterocycles. The molecule has 30 heavy (non-hydrogen) atoms. The number of amides is 1. The molecule has 0 aliphatic carbocycles. The van der Waals surface area contributed by atoms with E-state index in [4.69, 9.17) is 5.14 Å². The largest absolute Gasteiger partial charge is 0.479 e. The maximum Gasteiger partial charge on any atom is 0.416 e. The Morgan fingerprint density at radius 3 is 2.27 bits per heavy atom. The fourth-order valence-electron chi connectivity index (χ4n) is 2.38. The number of nitrogens with two attached hydrogens (primary N) is 1. The summed E-state index contributed by atoms with van der Waals surface area (Å²) in [6, 6.07) is 3.35. The Balaban J connectivity index is 2.12. The van der Waals surface area contributed by atoms with Gasteiger partial charge in [-0.25, -0.2) is 14.6 Å². The van der Waals surface area contributed by atoms with Crippen LogP contribution in [0.5, 0.6) is 0 Å². The van der Waals surface area contributed by atoms with Crippen LogP contribution in [0.15, 0.2) is 30.5 Å². The third kappa shape index (κ3) is 5.98. The maximum absolute atomic E-state index is 12.7. The molecule has 0 bridgehead atoms. The van der Waals surface area contributed by atoms with Crippen LogP contribution in [-0.2, 0) is 44.6 Å². The molecule has 0 aliphatic rings. The van der Waals surface area contributed by atoms with E-state index in [1.807, 2.05) is 4.72 Å². The molecular weight excluding hydrogens is 433 g/mol. The number of alkyl halides is 3. The molecule has 5 N–H and O–H groups in total. The molecule has 1 heterocycles. The van der Waals surface area contributed by atoms with Crippen molar-refractivity contribution in [3.63, 3.8) is 0 Å². The predicted octanol–water partition coefficient (Wildman–Crippen LogP) is -0.294. The maximum atomic E-state index is 12.7. The molecule has 0 aliphatic heterocycles. The molecule has 1 aromatic carbocycles. The van der Waals surface area contributed by atoms with Gasteiger partial charge in [-0.05, 0) is 24.6 Å². The Morgan fingerprint density at radius 1 is 1.20 bits per heavy atom. The van der Waals surface area contributed by atoms with Crippen molar-refractivity contribution in [3.8, 4) is 0 Å². The fraction of sp³-hybridized carbons (Fsp3) is 0.333. The summed E-state index contributed by atoms with van der Waals surface area (Å²) in [4.78, 5) is 24.0. The first-order chi connectivity index (χ1) is 13.7. The number of hydrogen-bond acceptors (Lipinski definition) is 6. The molecule has 0 spiro atoms. The van der Waals surface area contributed by atoms with Crippen LogP contribution in [-0.4, -0.2) is 40.4 Å². The quantitative estimate of drug-likeness (QED) is 0.428. The minimum Gasteiger partial charge on any atom is -0.479 e. The third-order valence-electron chi connectivity index (χ3n) is 3.95. The average molecular weight is 450 g/mol. The monoisotopic (exact) mass is 450 g/mol. The van der Waals surface area contributed by atoms with E-state index in [2.05, 4.69) is 15.6 Å². The zero-order chi connectivity index (χ0) is 22.7. The van der Waals surface area contributed by atoms with Crippen LogP contribution in [0.1, 0.15) is 23.7 Å². The second-order valence-electron chi connectivity index (χ2n) is 6.33. The predicted molar refractivity (Wildman–Crippen MR) is 94.5 cm³/mol. The summed E-state index contributed by atoms with van der Waals surface area (Å²) in [5, 5.41) is 23.8. The van der Waals surface area contributed by atoms with Crippen molar-refractivity contribution in [2.24, 2.45) is 5.14 Å². The molecule has 2 rings (SSSR count). The van der Waals surface area contributed by atoms with Crippen molar-refractivity contribution in [2.75, 3.05) is 0 Å². The highest BCUT2D eigenvalue weighted by Crippen LogP contribution is 2.31. The summed E-state index contributed by atoms with van der Waals surface area (Å²) >= 11 is 0. The second-order valence-corrected chi connectivity index (χ2v) is 7.71. The number of aliphatic carboxylic acids is 1. The molecule has 11 nitrogen and oxygen atoms in total. The minimum absolute atomic E-state index is 0.0759. The molecule has 1 atom stereocenters. The van der Waals surface area contributed by atoms with Crippen LogP contribution in [0, 0.1) is 0 Å². The first-order valence-corrected chi connectivity index (χ1v) is 9.64. The summed E-state index contributed by atoms with van der Waals surface area (Å²) in [6.45, 7) is 0.364. The van der Waals surface area contributed by atoms with Gasteiger partial charge >= 0.3 is 12.1 Å². The number of nitrogens with zero attached hydrogens (tertiary/aromatic N) is 3. The zero-order valence-corrected chi connectivity index (χ0v) is 16.2. The van der Waals surface area contributed by atoms with Gasteiger partial charge in [-0.15, -0.1) is 5.10 Å². The van der Waals surface area contributed by atoms with E-state index >= 15 is 0 Å². The number of carbonyl (C=O) groups is 2. The van der Waals surface area contributed by atoms with E-state index < -0.39 is 45.9 Å². The highest BCUT2D eigenvalue weighted by molar-refractivity contribution is 7.87. The van der Waals surface area contributed by atoms with E-state index in [1.54, 1.807) is 0 Å². The smallest absolute Gasteiger partial charge is 0.416 e. The highest BCUT2D eigenvalue weighted by Gasteiger charge is 2.38. The first-order valence-electron chi connectivity index (χ1n) is 8.09. The number of carboxylic acids is 1. The summed E-state index contributed by atoms with van der Waals surface area (Å²) in [5.74, 6) is -2.32. The SMILES string of the molecule is CC(NC(=O)Cn1cc(CNS(N)(=O)=O)nn1)(C(=O)O)c1ccc(C(F)(F)F)cc1. The van der Waals surface area contributed by atoms with Crippen LogP contribution in [0.2, 0.25) is 0 Å². The number of halogens is 3. The molecule has 0 radical (unpaired) electrons. The lowest BCUT2D eigenvalue weighted by molar-refractivity contribution is -0.147. The number of nitrogens with one attached hydrogen (secondary N) is 2. The zero-order valence-electron chi connectivity index (χ0n) is 15.3. The minimum atomic E-state index is -4.59. The molecule has 164 valence electrons. The summed E-state index contributed by atoms with van der Waals surface area (Å²) < 4.78 is 62.8. The van der Waals surface area contributed by atoms with E-state index in [1.165, 1.54) is 6.20 Å². The van der Waals surface area contributed by atoms with Crippen LogP contribution >= 0.6 is 0 Å². The van der Waals surface area contributed by atoms with Crippen molar-refractivity contribution in [2.45, 2.75) is 31.7 Å². The second kappa shape index (κ2) is 8.37. The van der Waals surface area contributed by atoms with Gasteiger partial charge in [0.05, 0.1) is 24.0 Å². The molecule has 1 amide bonds. The third-order valence-corrected chi connectivity index (χ3v) is 4.50. The average Bonchev–Trinajstić information content (AvgIpc) is 3.05. The van der Waals surface area contributed by atoms with Gasteiger partial charge in [0.2, 0.25) is 5.91 Å². The van der Waals surface area contributed by atoms with Crippen molar-refractivity contribution in [3.05, 3.63) is 47.3 Å². The number of hydrogen-bond donors (Lipinski definition) is 4. The van der Waals surface area contributed by atoms with E-state index in [-0.39, 0.29) is 17.8 Å². The highest BCUT2D eigenvalue weighted by atomic mass is 32.2. The number of rotatable bonds is 8. The van der Waals surface area contributed by atoms with Gasteiger partial charge in [0.25, 0.3) is 10.2 Å². The standard InChI is InChI=1S/C15H17F3N6O5S/c1-14(13(26)27,9-2-4-10(5-3-9)15(16,17)18)21-12(25)8-24-7-11(22-23-24)6-20-30(19,28)29/h2-5,7,20H,6,8H2,1H3,(H,21,25)(H,26,27)(H2,19,28,29). The molecular formula is C15H17F3N6O5S. The number of benzene rings is 1. The molecule has 0 fully saturated rings. The van der Waals surface area contributed by atoms with Crippen LogP contribution < -0.4 is 15.2 Å². The molecule has 2 aromatic rings. The Morgan fingerprint density at radius 2 is 1.77 bits per heavy atom. The summed E-state index contributed by atoms with van der Waals surface area (Å²) in [7, 11) is -3.95. The summed E-state index contributed by atoms with van der Waals surface area (Å²) in [6.07, 6.45) is -3.36. The normalized spacial score (nSPS) is 14.2. The fourth-order valence-corrected chi connectivity index (χ4v) is 2.73. The van der Waals surface area contributed by atoms with E-state index in [0.717, 1.165) is 23.7 Å². The van der Waals surface area contributed by atoms with Gasteiger partial charge in [-0.1, -0.05) is 17.3 Å². The Labute approximate surface area is 168 Å². The Kier molecular flexibility index (Phi) is 6.48. The van der Waals surface area contributed by atoms with Gasteiger partial charge < -0.3 is 10.4 Å². The van der Waals surface area contributed by atoms with Crippen molar-refractivity contribution < 1.29 is 36.3 Å². The van der Waals surface area contributed by atoms with Crippen molar-refractivity contribution in [1.82, 2.24) is 25.0 Å². The van der Waals surface area contributed by atoms with E-state index in [9.17, 15) is 36.3 Å². The Bertz CT molecular complexity index is 1040. The van der Waals surface area contributed by atoms with Gasteiger partial charge in [-0.3, -0.25) is 4.79 Å². The molecule has 1 unspecified atom stereocenters. The van der Waals surface area contributed by atoms with Gasteiger partial charge in [0.1, 0.15) is 6.54 Å². The summed E-state index contributed by atoms with van der Waals surface area (Å²) in [5.41, 5.74) is -2.91. The lowest BCUT2D eigenvalue weighted by Gasteiger charge is -2.27. The van der Waals surface area contributed by atoms with Crippen LogP contribution in [0.25, 0.3) is 0 Å². The molecule has 15 heteroatoms. The van der Waals surface area contributed by atoms with Crippen LogP contribution in [0.4, 0.5) is 13.2 Å². The van der Waals surface area contributed by atoms with Crippen molar-refractivity contribution in [1.29, 1.82) is 0 Å². The Hall–Kier alpha value is -3.04. The van der Waals surface area contributed by atoms with Crippen LogP contribution in [0.3, 0.4) is 0 Å². The topological polar surface area (TPSA) is 169 Å². The van der Waals surface area contributed by atoms with Gasteiger partial charge in [0, 0.05) is 0 Å². The number of carboxylic acid groups (broad SMARTS) is 1. The number of aromatic nitrogens is 3. The van der Waals surface area contributed by atoms with Gasteiger partial charge in [0.15, 0.2) is 5.54 Å². The van der Waals surface area contributed by atoms with E-state index in [0.29, 0.717) is 12.1 Å². The molecule has 0 saturated heterocycles. The van der Waals surface area contributed by atoms with Gasteiger partial charge in [-0.2, -0.15) is 26.3 Å². The lowest BCUT2D eigenvalue weighted by atomic mass is 9.91. The molecule has 0 saturated carbocycles. The first kappa shape index (κ1) is 23.2. The lowest BCUT2D eigenvalue weighted by Crippen LogP contribution is -2.50. The number of carbonyl (C=O) groups excluding carboxylic acids is 1. The van der Waals surface area contributed by atoms with Crippen molar-refractivity contribution >= 4 is 22.1 Å².